The van der Waals surface area contributed by atoms with Gasteiger partial charge < -0.3 is 10.1 Å². The molecule has 0 unspecified atom stereocenters. The number of rotatable bonds is 8. The van der Waals surface area contributed by atoms with Gasteiger partial charge in [-0.1, -0.05) is 19.8 Å². The smallest absolute Gasteiger partial charge is 0.257 e. The number of ether oxygens (including phenoxy) is 1. The van der Waals surface area contributed by atoms with Gasteiger partial charge in [-0.3, -0.25) is 10.1 Å². The predicted molar refractivity (Wildman–Crippen MR) is 137 cm³/mol. The maximum Gasteiger partial charge on any atom is 0.257 e. The highest BCUT2D eigenvalue weighted by Crippen LogP contribution is 2.26. The Labute approximate surface area is 209 Å². The highest BCUT2D eigenvalue weighted by molar-refractivity contribution is 9.10. The largest absolute Gasteiger partial charge is 0.492 e. The summed E-state index contributed by atoms with van der Waals surface area (Å²) in [7, 11) is -3.49. The fourth-order valence-electron chi connectivity index (χ4n) is 3.39. The quantitative estimate of drug-likeness (QED) is 0.356. The van der Waals surface area contributed by atoms with E-state index in [2.05, 4.69) is 33.5 Å². The number of amides is 1. The minimum absolute atomic E-state index is 0.117. The van der Waals surface area contributed by atoms with Crippen LogP contribution in [-0.2, 0) is 10.0 Å². The molecule has 0 bridgehead atoms. The van der Waals surface area contributed by atoms with Gasteiger partial charge in [0.15, 0.2) is 5.11 Å². The summed E-state index contributed by atoms with van der Waals surface area (Å²) in [6.45, 7) is 3.82. The summed E-state index contributed by atoms with van der Waals surface area (Å²) in [6, 6.07) is 11.5. The second-order valence-electron chi connectivity index (χ2n) is 7.74. The Balaban J connectivity index is 1.57. The van der Waals surface area contributed by atoms with Crippen LogP contribution in [0, 0.1) is 0 Å². The molecule has 1 aliphatic heterocycles. The molecule has 10 heteroatoms. The molecule has 0 aromatic heterocycles. The lowest BCUT2D eigenvalue weighted by Crippen LogP contribution is -2.35. The summed E-state index contributed by atoms with van der Waals surface area (Å²) in [6.07, 6.45) is 4.83. The molecule has 1 amide bonds. The van der Waals surface area contributed by atoms with Crippen LogP contribution in [0.3, 0.4) is 0 Å². The molecular formula is C23H28BrN3O4S2. The van der Waals surface area contributed by atoms with E-state index in [9.17, 15) is 13.2 Å². The van der Waals surface area contributed by atoms with Crippen molar-refractivity contribution >= 4 is 54.9 Å². The zero-order valence-corrected chi connectivity index (χ0v) is 21.7. The summed E-state index contributed by atoms with van der Waals surface area (Å²) in [5.74, 6) is 0.318. The van der Waals surface area contributed by atoms with Gasteiger partial charge in [0, 0.05) is 24.3 Å². The first-order valence-electron chi connectivity index (χ1n) is 11.0. The molecule has 0 atom stereocenters. The van der Waals surface area contributed by atoms with Crippen molar-refractivity contribution in [3.8, 4) is 5.75 Å². The molecule has 2 aromatic carbocycles. The average Bonchev–Trinajstić information content (AvgIpc) is 2.81. The number of sulfonamides is 1. The normalized spacial score (nSPS) is 14.5. The van der Waals surface area contributed by atoms with Gasteiger partial charge in [-0.2, -0.15) is 4.31 Å². The van der Waals surface area contributed by atoms with Crippen LogP contribution in [0.15, 0.2) is 51.8 Å². The van der Waals surface area contributed by atoms with Gasteiger partial charge in [-0.15, -0.1) is 0 Å². The fourth-order valence-corrected chi connectivity index (χ4v) is 5.61. The van der Waals surface area contributed by atoms with Crippen LogP contribution < -0.4 is 15.4 Å². The molecule has 3 rings (SSSR count). The molecule has 178 valence electrons. The van der Waals surface area contributed by atoms with E-state index in [1.165, 1.54) is 4.31 Å². The van der Waals surface area contributed by atoms with Crippen molar-refractivity contribution in [2.75, 3.05) is 25.0 Å². The van der Waals surface area contributed by atoms with Gasteiger partial charge in [0.05, 0.1) is 16.0 Å². The van der Waals surface area contributed by atoms with E-state index >= 15 is 0 Å². The molecule has 1 aliphatic rings. The average molecular weight is 555 g/mol. The Kier molecular flexibility index (Phi) is 9.25. The van der Waals surface area contributed by atoms with Gasteiger partial charge >= 0.3 is 0 Å². The van der Waals surface area contributed by atoms with E-state index in [4.69, 9.17) is 17.0 Å². The third-order valence-electron chi connectivity index (χ3n) is 5.24. The number of carbonyl (C=O) groups is 1. The lowest BCUT2D eigenvalue weighted by Gasteiger charge is -2.25. The molecule has 2 N–H and O–H groups in total. The first kappa shape index (κ1) is 25.6. The van der Waals surface area contributed by atoms with Crippen molar-refractivity contribution in [2.24, 2.45) is 0 Å². The lowest BCUT2D eigenvalue weighted by molar-refractivity contribution is 0.0977. The lowest BCUT2D eigenvalue weighted by atomic mass is 10.2. The minimum Gasteiger partial charge on any atom is -0.492 e. The predicted octanol–water partition coefficient (Wildman–Crippen LogP) is 4.93. The van der Waals surface area contributed by atoms with E-state index in [0.717, 1.165) is 32.1 Å². The Morgan fingerprint density at radius 2 is 1.82 bits per heavy atom. The van der Waals surface area contributed by atoms with E-state index in [1.807, 2.05) is 0 Å². The summed E-state index contributed by atoms with van der Waals surface area (Å²) >= 11 is 8.68. The number of carbonyl (C=O) groups excluding carboxylic acids is 1. The molecule has 0 radical (unpaired) electrons. The number of halogens is 1. The third kappa shape index (κ3) is 6.99. The number of hydrogen-bond acceptors (Lipinski definition) is 5. The maximum atomic E-state index is 12.8. The van der Waals surface area contributed by atoms with Crippen molar-refractivity contribution in [1.29, 1.82) is 0 Å². The maximum absolute atomic E-state index is 12.8. The van der Waals surface area contributed by atoms with Crippen LogP contribution >= 0.6 is 28.1 Å². The molecule has 1 fully saturated rings. The molecule has 33 heavy (non-hydrogen) atoms. The van der Waals surface area contributed by atoms with Crippen molar-refractivity contribution in [1.82, 2.24) is 9.62 Å². The van der Waals surface area contributed by atoms with Crippen LogP contribution in [-0.4, -0.2) is 43.4 Å². The minimum atomic E-state index is -3.49. The Bertz CT molecular complexity index is 1090. The molecule has 0 saturated carbocycles. The summed E-state index contributed by atoms with van der Waals surface area (Å²) in [5.41, 5.74) is 1.01. The molecular weight excluding hydrogens is 526 g/mol. The van der Waals surface area contributed by atoms with E-state index in [0.29, 0.717) is 41.2 Å². The zero-order chi connectivity index (χ0) is 23.8. The third-order valence-corrected chi connectivity index (χ3v) is 7.98. The van der Waals surface area contributed by atoms with Crippen molar-refractivity contribution in [3.05, 3.63) is 52.5 Å². The van der Waals surface area contributed by atoms with Gasteiger partial charge in [-0.25, -0.2) is 8.42 Å². The number of benzene rings is 2. The summed E-state index contributed by atoms with van der Waals surface area (Å²) < 4.78 is 33.4. The van der Waals surface area contributed by atoms with Gasteiger partial charge in [0.25, 0.3) is 5.91 Å². The van der Waals surface area contributed by atoms with Crippen molar-refractivity contribution in [2.45, 2.75) is 43.9 Å². The summed E-state index contributed by atoms with van der Waals surface area (Å²) in [4.78, 5) is 12.8. The molecule has 0 spiro atoms. The van der Waals surface area contributed by atoms with Crippen molar-refractivity contribution in [3.63, 3.8) is 0 Å². The monoisotopic (exact) mass is 553 g/mol. The number of hydrogen-bond donors (Lipinski definition) is 2. The van der Waals surface area contributed by atoms with Crippen LogP contribution in [0.1, 0.15) is 49.4 Å². The molecule has 1 heterocycles. The Morgan fingerprint density at radius 3 is 2.45 bits per heavy atom. The zero-order valence-electron chi connectivity index (χ0n) is 18.5. The molecule has 0 aliphatic carbocycles. The second kappa shape index (κ2) is 11.9. The van der Waals surface area contributed by atoms with E-state index in [1.54, 1.807) is 42.5 Å². The second-order valence-corrected chi connectivity index (χ2v) is 10.9. The van der Waals surface area contributed by atoms with Crippen LogP contribution in [0.4, 0.5) is 5.69 Å². The van der Waals surface area contributed by atoms with Crippen molar-refractivity contribution < 1.29 is 17.9 Å². The standard InChI is InChI=1S/C23H28BrN3O4S2/c1-2-3-15-31-21-12-7-17(16-20(21)24)22(28)26-23(32)25-18-8-10-19(11-9-18)33(29,30)27-13-5-4-6-14-27/h7-12,16H,2-6,13-15H2,1H3,(H2,25,26,28,32). The number of piperidine rings is 1. The topological polar surface area (TPSA) is 87.7 Å². The Morgan fingerprint density at radius 1 is 1.12 bits per heavy atom. The summed E-state index contributed by atoms with van der Waals surface area (Å²) in [5, 5.41) is 5.67. The fraction of sp³-hybridized carbons (Fsp3) is 0.391. The Hall–Kier alpha value is -2.01. The molecule has 7 nitrogen and oxygen atoms in total. The first-order chi connectivity index (χ1) is 15.8. The van der Waals surface area contributed by atoms with Gasteiger partial charge in [-0.05, 0) is 89.9 Å². The number of nitrogens with one attached hydrogen (secondary N) is 2. The van der Waals surface area contributed by atoms with Gasteiger partial charge in [0.1, 0.15) is 5.75 Å². The van der Waals surface area contributed by atoms with E-state index < -0.39 is 10.0 Å². The van der Waals surface area contributed by atoms with Gasteiger partial charge in [0.2, 0.25) is 10.0 Å². The number of nitrogens with zero attached hydrogens (tertiary/aromatic N) is 1. The molecule has 2 aromatic rings. The van der Waals surface area contributed by atoms with Crippen LogP contribution in [0.25, 0.3) is 0 Å². The SMILES string of the molecule is CCCCOc1ccc(C(=O)NC(=S)Nc2ccc(S(=O)(=O)N3CCCCC3)cc2)cc1Br. The molecule has 1 saturated heterocycles. The number of anilines is 1. The highest BCUT2D eigenvalue weighted by atomic mass is 79.9. The number of unbranched alkanes of at least 4 members (excludes halogenated alkanes) is 1. The van der Waals surface area contributed by atoms with Crippen LogP contribution in [0.5, 0.6) is 5.75 Å². The van der Waals surface area contributed by atoms with E-state index in [-0.39, 0.29) is 15.9 Å². The van der Waals surface area contributed by atoms with Crippen LogP contribution in [0.2, 0.25) is 0 Å². The number of thiocarbonyl (C=S) groups is 1. The first-order valence-corrected chi connectivity index (χ1v) is 13.6. The highest BCUT2D eigenvalue weighted by Gasteiger charge is 2.25.